The van der Waals surface area contributed by atoms with E-state index >= 15 is 0 Å². The van der Waals surface area contributed by atoms with E-state index in [2.05, 4.69) is 10.2 Å². The highest BCUT2D eigenvalue weighted by Gasteiger charge is 2.27. The summed E-state index contributed by atoms with van der Waals surface area (Å²) in [6.45, 7) is 7.48. The molecule has 0 unspecified atom stereocenters. The average Bonchev–Trinajstić information content (AvgIpc) is 2.66. The number of carbonyl (C=O) groups is 2. The topological polar surface area (TPSA) is 61.9 Å². The summed E-state index contributed by atoms with van der Waals surface area (Å²) in [5.74, 6) is 0.993. The minimum absolute atomic E-state index is 0.0693. The zero-order valence-corrected chi connectivity index (χ0v) is 15.5. The van der Waals surface area contributed by atoms with Gasteiger partial charge in [0.25, 0.3) is 0 Å². The minimum Gasteiger partial charge on any atom is -0.497 e. The van der Waals surface area contributed by atoms with Gasteiger partial charge in [-0.15, -0.1) is 0 Å². The molecule has 0 aromatic heterocycles. The molecule has 0 saturated carbocycles. The van der Waals surface area contributed by atoms with Crippen molar-refractivity contribution < 1.29 is 14.3 Å². The summed E-state index contributed by atoms with van der Waals surface area (Å²) in [6.07, 6.45) is 1.34. The van der Waals surface area contributed by atoms with E-state index in [4.69, 9.17) is 4.74 Å². The predicted octanol–water partition coefficient (Wildman–Crippen LogP) is 1.30. The largest absolute Gasteiger partial charge is 0.497 e. The van der Waals surface area contributed by atoms with Crippen LogP contribution in [0.2, 0.25) is 0 Å². The number of ether oxygens (including phenoxy) is 1. The summed E-state index contributed by atoms with van der Waals surface area (Å²) < 4.78 is 5.13. The quantitative estimate of drug-likeness (QED) is 0.808. The molecule has 1 aromatic rings. The van der Waals surface area contributed by atoms with Gasteiger partial charge in [0.15, 0.2) is 0 Å². The molecule has 6 heteroatoms. The first-order valence-corrected chi connectivity index (χ1v) is 8.97. The summed E-state index contributed by atoms with van der Waals surface area (Å²) in [5, 5.41) is 2.93. The SMILES string of the molecule is CCCNC(=O)[C@H](C)N1CCN(C(=O)Cc2ccc(OC)cc2)CC1. The lowest BCUT2D eigenvalue weighted by atomic mass is 10.1. The van der Waals surface area contributed by atoms with E-state index in [9.17, 15) is 9.59 Å². The molecule has 0 radical (unpaired) electrons. The molecule has 0 spiro atoms. The van der Waals surface area contributed by atoms with Crippen molar-refractivity contribution in [3.8, 4) is 5.75 Å². The van der Waals surface area contributed by atoms with Crippen LogP contribution < -0.4 is 10.1 Å². The Morgan fingerprint density at radius 1 is 1.16 bits per heavy atom. The summed E-state index contributed by atoms with van der Waals surface area (Å²) in [6, 6.07) is 7.44. The van der Waals surface area contributed by atoms with Crippen molar-refractivity contribution in [1.82, 2.24) is 15.1 Å². The molecule has 25 heavy (non-hydrogen) atoms. The van der Waals surface area contributed by atoms with Crippen LogP contribution in [0.25, 0.3) is 0 Å². The van der Waals surface area contributed by atoms with Gasteiger partial charge in [-0.1, -0.05) is 19.1 Å². The normalized spacial score (nSPS) is 16.4. The number of hydrogen-bond acceptors (Lipinski definition) is 4. The van der Waals surface area contributed by atoms with E-state index in [1.807, 2.05) is 43.0 Å². The van der Waals surface area contributed by atoms with Gasteiger partial charge in [-0.05, 0) is 31.0 Å². The van der Waals surface area contributed by atoms with E-state index in [1.54, 1.807) is 7.11 Å². The highest BCUT2D eigenvalue weighted by Crippen LogP contribution is 2.13. The molecule has 2 rings (SSSR count). The van der Waals surface area contributed by atoms with Gasteiger partial charge in [-0.3, -0.25) is 14.5 Å². The number of benzene rings is 1. The molecule has 1 atom stereocenters. The van der Waals surface area contributed by atoms with Crippen molar-refractivity contribution in [2.75, 3.05) is 39.8 Å². The highest BCUT2D eigenvalue weighted by atomic mass is 16.5. The van der Waals surface area contributed by atoms with Crippen LogP contribution >= 0.6 is 0 Å². The zero-order chi connectivity index (χ0) is 18.2. The zero-order valence-electron chi connectivity index (χ0n) is 15.5. The Hall–Kier alpha value is -2.08. The molecule has 1 N–H and O–H groups in total. The third-order valence-electron chi connectivity index (χ3n) is 4.66. The van der Waals surface area contributed by atoms with Crippen molar-refractivity contribution in [2.45, 2.75) is 32.7 Å². The fourth-order valence-corrected chi connectivity index (χ4v) is 2.95. The Morgan fingerprint density at radius 2 is 1.80 bits per heavy atom. The molecule has 1 aliphatic rings. The highest BCUT2D eigenvalue weighted by molar-refractivity contribution is 5.81. The smallest absolute Gasteiger partial charge is 0.237 e. The predicted molar refractivity (Wildman–Crippen MR) is 97.6 cm³/mol. The Bertz CT molecular complexity index is 566. The molecule has 0 bridgehead atoms. The van der Waals surface area contributed by atoms with E-state index in [0.717, 1.165) is 30.8 Å². The molecule has 1 fully saturated rings. The molecule has 0 aliphatic carbocycles. The first kappa shape index (κ1) is 19.2. The third kappa shape index (κ3) is 5.46. The molecular formula is C19H29N3O3. The Kier molecular flexibility index (Phi) is 7.25. The van der Waals surface area contributed by atoms with Crippen molar-refractivity contribution >= 4 is 11.8 Å². The average molecular weight is 347 g/mol. The number of methoxy groups -OCH3 is 1. The molecule has 1 saturated heterocycles. The number of piperazine rings is 1. The van der Waals surface area contributed by atoms with Gasteiger partial charge in [0.1, 0.15) is 5.75 Å². The van der Waals surface area contributed by atoms with Crippen LogP contribution in [-0.4, -0.2) is 67.5 Å². The van der Waals surface area contributed by atoms with Gasteiger partial charge in [-0.25, -0.2) is 0 Å². The molecule has 2 amide bonds. The molecule has 1 aliphatic heterocycles. The number of nitrogens with zero attached hydrogens (tertiary/aromatic N) is 2. The van der Waals surface area contributed by atoms with Gasteiger partial charge in [-0.2, -0.15) is 0 Å². The summed E-state index contributed by atoms with van der Waals surface area (Å²) in [5.41, 5.74) is 0.987. The number of hydrogen-bond donors (Lipinski definition) is 1. The monoisotopic (exact) mass is 347 g/mol. The Morgan fingerprint density at radius 3 is 2.36 bits per heavy atom. The number of nitrogens with one attached hydrogen (secondary N) is 1. The summed E-state index contributed by atoms with van der Waals surface area (Å²) in [7, 11) is 1.63. The van der Waals surface area contributed by atoms with E-state index < -0.39 is 0 Å². The lowest BCUT2D eigenvalue weighted by molar-refractivity contribution is -0.133. The summed E-state index contributed by atoms with van der Waals surface area (Å²) in [4.78, 5) is 28.6. The van der Waals surface area contributed by atoms with Crippen LogP contribution in [0.3, 0.4) is 0 Å². The third-order valence-corrected chi connectivity index (χ3v) is 4.66. The number of amides is 2. The molecule has 6 nitrogen and oxygen atoms in total. The maximum absolute atomic E-state index is 12.5. The molecular weight excluding hydrogens is 318 g/mol. The lowest BCUT2D eigenvalue weighted by Gasteiger charge is -2.37. The van der Waals surface area contributed by atoms with Gasteiger partial charge in [0.05, 0.1) is 19.6 Å². The van der Waals surface area contributed by atoms with E-state index in [0.29, 0.717) is 26.1 Å². The van der Waals surface area contributed by atoms with Crippen molar-refractivity contribution in [3.63, 3.8) is 0 Å². The van der Waals surface area contributed by atoms with Crippen LogP contribution in [0.4, 0.5) is 0 Å². The second-order valence-electron chi connectivity index (χ2n) is 6.41. The van der Waals surface area contributed by atoms with E-state index in [1.165, 1.54) is 0 Å². The minimum atomic E-state index is -0.148. The van der Waals surface area contributed by atoms with Gasteiger partial charge >= 0.3 is 0 Å². The second-order valence-corrected chi connectivity index (χ2v) is 6.41. The fraction of sp³-hybridized carbons (Fsp3) is 0.579. The molecule has 1 heterocycles. The fourth-order valence-electron chi connectivity index (χ4n) is 2.95. The van der Waals surface area contributed by atoms with Gasteiger partial charge < -0.3 is 15.0 Å². The van der Waals surface area contributed by atoms with Crippen LogP contribution in [0, 0.1) is 0 Å². The summed E-state index contributed by atoms with van der Waals surface area (Å²) >= 11 is 0. The number of rotatable bonds is 7. The first-order chi connectivity index (χ1) is 12.0. The van der Waals surface area contributed by atoms with Crippen molar-refractivity contribution in [3.05, 3.63) is 29.8 Å². The van der Waals surface area contributed by atoms with Crippen LogP contribution in [0.5, 0.6) is 5.75 Å². The van der Waals surface area contributed by atoms with Crippen molar-refractivity contribution in [1.29, 1.82) is 0 Å². The standard InChI is InChI=1S/C19H29N3O3/c1-4-9-20-19(24)15(2)21-10-12-22(13-11-21)18(23)14-16-5-7-17(25-3)8-6-16/h5-8,15H,4,9-14H2,1-3H3,(H,20,24)/t15-/m0/s1. The van der Waals surface area contributed by atoms with Gasteiger partial charge in [0, 0.05) is 32.7 Å². The molecule has 1 aromatic carbocycles. The first-order valence-electron chi connectivity index (χ1n) is 8.97. The van der Waals surface area contributed by atoms with Gasteiger partial charge in [0.2, 0.25) is 11.8 Å². The van der Waals surface area contributed by atoms with Crippen LogP contribution in [-0.2, 0) is 16.0 Å². The number of carbonyl (C=O) groups excluding carboxylic acids is 2. The Labute approximate surface area is 150 Å². The molecule has 138 valence electrons. The van der Waals surface area contributed by atoms with Crippen LogP contribution in [0.15, 0.2) is 24.3 Å². The maximum atomic E-state index is 12.5. The lowest BCUT2D eigenvalue weighted by Crippen LogP contribution is -2.55. The Balaban J connectivity index is 1.80. The van der Waals surface area contributed by atoms with Crippen molar-refractivity contribution in [2.24, 2.45) is 0 Å². The second kappa shape index (κ2) is 9.42. The van der Waals surface area contributed by atoms with E-state index in [-0.39, 0.29) is 17.9 Å². The maximum Gasteiger partial charge on any atom is 0.237 e. The van der Waals surface area contributed by atoms with Crippen LogP contribution in [0.1, 0.15) is 25.8 Å².